The first-order chi connectivity index (χ1) is 7.00. The summed E-state index contributed by atoms with van der Waals surface area (Å²) in [6.45, 7) is 10.3. The van der Waals surface area contributed by atoms with Crippen LogP contribution in [0.1, 0.15) is 53.4 Å². The van der Waals surface area contributed by atoms with Crippen LogP contribution in [-0.4, -0.2) is 29.6 Å². The van der Waals surface area contributed by atoms with Crippen LogP contribution in [0.2, 0.25) is 0 Å². The zero-order valence-corrected chi connectivity index (χ0v) is 10.9. The quantitative estimate of drug-likeness (QED) is 0.703. The van der Waals surface area contributed by atoms with E-state index in [9.17, 15) is 0 Å². The summed E-state index contributed by atoms with van der Waals surface area (Å²) in [5, 5.41) is 0. The van der Waals surface area contributed by atoms with E-state index in [0.717, 1.165) is 18.4 Å². The molecule has 0 heterocycles. The average Bonchev–Trinajstić information content (AvgIpc) is 2.86. The summed E-state index contributed by atoms with van der Waals surface area (Å²) in [6, 6.07) is 1.87. The molecule has 0 spiro atoms. The number of nitrogens with two attached hydrogens (primary N) is 1. The third kappa shape index (κ3) is 4.98. The fraction of sp³-hybridized carbons (Fsp3) is 1.00. The molecule has 0 radical (unpaired) electrons. The highest BCUT2D eigenvalue weighted by Gasteiger charge is 2.31. The van der Waals surface area contributed by atoms with Crippen molar-refractivity contribution in [1.82, 2.24) is 4.90 Å². The molecule has 0 aliphatic heterocycles. The van der Waals surface area contributed by atoms with Gasteiger partial charge in [0.2, 0.25) is 0 Å². The average molecular weight is 212 g/mol. The monoisotopic (exact) mass is 212 g/mol. The van der Waals surface area contributed by atoms with Gasteiger partial charge in [0.1, 0.15) is 0 Å². The zero-order valence-electron chi connectivity index (χ0n) is 10.9. The normalized spacial score (nSPS) is 21.0. The molecule has 0 saturated heterocycles. The molecule has 0 aromatic carbocycles. The molecule has 0 bridgehead atoms. The summed E-state index contributed by atoms with van der Waals surface area (Å²) in [5.41, 5.74) is 5.88. The van der Waals surface area contributed by atoms with Gasteiger partial charge in [-0.25, -0.2) is 0 Å². The van der Waals surface area contributed by atoms with Crippen molar-refractivity contribution in [1.29, 1.82) is 0 Å². The predicted molar refractivity (Wildman–Crippen MR) is 66.9 cm³/mol. The number of hydrogen-bond donors (Lipinski definition) is 1. The molecule has 1 saturated carbocycles. The highest BCUT2D eigenvalue weighted by molar-refractivity contribution is 4.88. The van der Waals surface area contributed by atoms with Crippen LogP contribution in [0.3, 0.4) is 0 Å². The van der Waals surface area contributed by atoms with E-state index >= 15 is 0 Å². The van der Waals surface area contributed by atoms with Gasteiger partial charge in [-0.05, 0) is 52.0 Å². The Labute approximate surface area is 95.2 Å². The molecule has 0 aromatic heterocycles. The van der Waals surface area contributed by atoms with Crippen LogP contribution in [-0.2, 0) is 0 Å². The van der Waals surface area contributed by atoms with Gasteiger partial charge in [0.15, 0.2) is 0 Å². The molecule has 1 fully saturated rings. The van der Waals surface area contributed by atoms with Crippen LogP contribution in [0.4, 0.5) is 0 Å². The van der Waals surface area contributed by atoms with Crippen LogP contribution in [0.15, 0.2) is 0 Å². The smallest absolute Gasteiger partial charge is 0.00992 e. The van der Waals surface area contributed by atoms with Gasteiger partial charge in [-0.15, -0.1) is 0 Å². The first-order valence-electron chi connectivity index (χ1n) is 6.52. The van der Waals surface area contributed by atoms with E-state index in [1.165, 1.54) is 25.8 Å². The largest absolute Gasteiger partial charge is 0.328 e. The van der Waals surface area contributed by atoms with E-state index in [0.29, 0.717) is 12.1 Å². The summed E-state index contributed by atoms with van der Waals surface area (Å²) >= 11 is 0. The third-order valence-corrected chi connectivity index (χ3v) is 3.26. The van der Waals surface area contributed by atoms with Gasteiger partial charge >= 0.3 is 0 Å². The van der Waals surface area contributed by atoms with Gasteiger partial charge in [0, 0.05) is 18.1 Å². The Kier molecular flexibility index (Phi) is 5.07. The van der Waals surface area contributed by atoms with Gasteiger partial charge < -0.3 is 5.73 Å². The zero-order chi connectivity index (χ0) is 11.4. The number of rotatable bonds is 7. The minimum Gasteiger partial charge on any atom is -0.328 e. The molecule has 1 aliphatic carbocycles. The highest BCUT2D eigenvalue weighted by atomic mass is 15.2. The van der Waals surface area contributed by atoms with Crippen LogP contribution < -0.4 is 5.73 Å². The minimum absolute atomic E-state index is 0.334. The van der Waals surface area contributed by atoms with Crippen LogP contribution in [0, 0.1) is 5.92 Å². The van der Waals surface area contributed by atoms with E-state index in [4.69, 9.17) is 5.73 Å². The molecule has 1 rings (SSSR count). The molecule has 2 heteroatoms. The SMILES string of the molecule is CC(C)CCN(C(C)CC(C)N)C1CC1. The Hall–Kier alpha value is -0.0800. The Bertz CT molecular complexity index is 173. The van der Waals surface area contributed by atoms with Gasteiger partial charge in [-0.2, -0.15) is 0 Å². The van der Waals surface area contributed by atoms with Crippen molar-refractivity contribution in [2.24, 2.45) is 11.7 Å². The third-order valence-electron chi connectivity index (χ3n) is 3.26. The van der Waals surface area contributed by atoms with Crippen molar-refractivity contribution in [2.45, 2.75) is 71.5 Å². The van der Waals surface area contributed by atoms with Crippen LogP contribution >= 0.6 is 0 Å². The summed E-state index contributed by atoms with van der Waals surface area (Å²) in [4.78, 5) is 2.68. The van der Waals surface area contributed by atoms with E-state index < -0.39 is 0 Å². The molecular formula is C13H28N2. The Morgan fingerprint density at radius 3 is 2.20 bits per heavy atom. The number of hydrogen-bond acceptors (Lipinski definition) is 2. The van der Waals surface area contributed by atoms with Crippen molar-refractivity contribution in [3.8, 4) is 0 Å². The lowest BCUT2D eigenvalue weighted by atomic mass is 10.1. The molecule has 2 nitrogen and oxygen atoms in total. The number of nitrogens with zero attached hydrogens (tertiary/aromatic N) is 1. The topological polar surface area (TPSA) is 29.3 Å². The maximum absolute atomic E-state index is 5.88. The first kappa shape index (κ1) is 13.0. The molecule has 90 valence electrons. The van der Waals surface area contributed by atoms with Crippen molar-refractivity contribution in [2.75, 3.05) is 6.54 Å². The van der Waals surface area contributed by atoms with Crippen LogP contribution in [0.25, 0.3) is 0 Å². The molecule has 0 amide bonds. The maximum atomic E-state index is 5.88. The second-order valence-electron chi connectivity index (χ2n) is 5.71. The Morgan fingerprint density at radius 1 is 1.20 bits per heavy atom. The van der Waals surface area contributed by atoms with Crippen molar-refractivity contribution < 1.29 is 0 Å². The lowest BCUT2D eigenvalue weighted by Gasteiger charge is -2.30. The lowest BCUT2D eigenvalue weighted by molar-refractivity contribution is 0.174. The van der Waals surface area contributed by atoms with Crippen molar-refractivity contribution >= 4 is 0 Å². The van der Waals surface area contributed by atoms with Crippen molar-refractivity contribution in [3.63, 3.8) is 0 Å². The molecular weight excluding hydrogens is 184 g/mol. The summed E-state index contributed by atoms with van der Waals surface area (Å²) in [5.74, 6) is 0.814. The Morgan fingerprint density at radius 2 is 1.80 bits per heavy atom. The predicted octanol–water partition coefficient (Wildman–Crippen LogP) is 2.62. The second-order valence-corrected chi connectivity index (χ2v) is 5.71. The van der Waals surface area contributed by atoms with Crippen LogP contribution in [0.5, 0.6) is 0 Å². The first-order valence-corrected chi connectivity index (χ1v) is 6.52. The van der Waals surface area contributed by atoms with E-state index in [-0.39, 0.29) is 0 Å². The lowest BCUT2D eigenvalue weighted by Crippen LogP contribution is -2.39. The minimum atomic E-state index is 0.334. The van der Waals surface area contributed by atoms with E-state index in [1.54, 1.807) is 0 Å². The molecule has 2 N–H and O–H groups in total. The van der Waals surface area contributed by atoms with E-state index in [1.807, 2.05) is 0 Å². The summed E-state index contributed by atoms with van der Waals surface area (Å²) < 4.78 is 0. The highest BCUT2D eigenvalue weighted by Crippen LogP contribution is 2.30. The fourth-order valence-corrected chi connectivity index (χ4v) is 2.25. The molecule has 0 aromatic rings. The van der Waals surface area contributed by atoms with Gasteiger partial charge in [-0.3, -0.25) is 4.90 Å². The van der Waals surface area contributed by atoms with Gasteiger partial charge in [0.25, 0.3) is 0 Å². The second kappa shape index (κ2) is 5.86. The van der Waals surface area contributed by atoms with E-state index in [2.05, 4.69) is 32.6 Å². The molecule has 2 unspecified atom stereocenters. The Balaban J connectivity index is 2.35. The summed E-state index contributed by atoms with van der Waals surface area (Å²) in [7, 11) is 0. The standard InChI is InChI=1S/C13H28N2/c1-10(2)7-8-15(13-5-6-13)12(4)9-11(3)14/h10-13H,5-9,14H2,1-4H3. The maximum Gasteiger partial charge on any atom is 0.00992 e. The van der Waals surface area contributed by atoms with Gasteiger partial charge in [0.05, 0.1) is 0 Å². The van der Waals surface area contributed by atoms with Gasteiger partial charge in [-0.1, -0.05) is 13.8 Å². The van der Waals surface area contributed by atoms with Crippen molar-refractivity contribution in [3.05, 3.63) is 0 Å². The molecule has 2 atom stereocenters. The fourth-order valence-electron chi connectivity index (χ4n) is 2.25. The molecule has 1 aliphatic rings. The molecule has 15 heavy (non-hydrogen) atoms. The summed E-state index contributed by atoms with van der Waals surface area (Å²) in [6.07, 6.45) is 5.26.